The van der Waals surface area contributed by atoms with Crippen molar-refractivity contribution in [3.05, 3.63) is 35.6 Å². The van der Waals surface area contributed by atoms with Gasteiger partial charge >= 0.3 is 121 Å². The summed E-state index contributed by atoms with van der Waals surface area (Å²) in [6, 6.07) is 5.79. The molecule has 0 saturated carbocycles. The van der Waals surface area contributed by atoms with E-state index in [-0.39, 0.29) is 18.3 Å². The number of hydrogen-bond donors (Lipinski definition) is 1. The van der Waals surface area contributed by atoms with Gasteiger partial charge in [-0.1, -0.05) is 0 Å². The molecule has 0 aliphatic heterocycles. The van der Waals surface area contributed by atoms with Crippen molar-refractivity contribution >= 4 is 12.1 Å². The van der Waals surface area contributed by atoms with Crippen molar-refractivity contribution in [2.24, 2.45) is 5.16 Å². The van der Waals surface area contributed by atoms with Crippen molar-refractivity contribution in [3.63, 3.8) is 0 Å². The van der Waals surface area contributed by atoms with E-state index in [1.807, 2.05) is 0 Å². The Labute approximate surface area is 121 Å². The molecule has 0 aliphatic rings. The van der Waals surface area contributed by atoms with Crippen LogP contribution in [0, 0.1) is 5.82 Å². The summed E-state index contributed by atoms with van der Waals surface area (Å²) in [7, 11) is 1.62. The SMILES string of the molecule is COCC[I-]NC(=O)CO/N=C/c1ccc(F)cc1. The molecule has 0 aromatic heterocycles. The molecule has 1 aromatic carbocycles. The van der Waals surface area contributed by atoms with Gasteiger partial charge in [-0.3, -0.25) is 0 Å². The molecule has 1 rings (SSSR count). The van der Waals surface area contributed by atoms with Crippen molar-refractivity contribution in [2.45, 2.75) is 0 Å². The van der Waals surface area contributed by atoms with Gasteiger partial charge in [0.1, 0.15) is 0 Å². The minimum atomic E-state index is -0.391. The number of ether oxygens (including phenoxy) is 1. The van der Waals surface area contributed by atoms with Crippen LogP contribution in [0.5, 0.6) is 0 Å². The van der Waals surface area contributed by atoms with Crippen LogP contribution in [0.2, 0.25) is 0 Å². The van der Waals surface area contributed by atoms with E-state index in [0.717, 1.165) is 4.43 Å². The van der Waals surface area contributed by atoms with E-state index in [2.05, 4.69) is 8.69 Å². The van der Waals surface area contributed by atoms with Crippen LogP contribution in [0.3, 0.4) is 0 Å². The van der Waals surface area contributed by atoms with E-state index in [9.17, 15) is 9.18 Å². The molecular weight excluding hydrogens is 366 g/mol. The van der Waals surface area contributed by atoms with E-state index in [4.69, 9.17) is 9.57 Å². The molecule has 0 atom stereocenters. The second kappa shape index (κ2) is 9.68. The first-order valence-corrected chi connectivity index (χ1v) is 8.09. The number of nitrogens with zero attached hydrogens (tertiary/aromatic N) is 1. The molecule has 0 unspecified atom stereocenters. The molecular formula is C12H15FIN2O3-. The van der Waals surface area contributed by atoms with Crippen molar-refractivity contribution in [3.8, 4) is 0 Å². The van der Waals surface area contributed by atoms with Crippen molar-refractivity contribution in [1.82, 2.24) is 3.53 Å². The van der Waals surface area contributed by atoms with Crippen LogP contribution in [0.4, 0.5) is 4.39 Å². The fourth-order valence-electron chi connectivity index (χ4n) is 1.01. The Morgan fingerprint density at radius 1 is 1.47 bits per heavy atom. The predicted molar refractivity (Wildman–Crippen MR) is 64.8 cm³/mol. The number of rotatable bonds is 8. The van der Waals surface area contributed by atoms with Crippen LogP contribution >= 0.6 is 0 Å². The Balaban J connectivity index is 2.15. The minimum absolute atomic E-state index is 0.121. The molecule has 1 aromatic rings. The summed E-state index contributed by atoms with van der Waals surface area (Å²) >= 11 is -0.391. The quantitative estimate of drug-likeness (QED) is 0.141. The van der Waals surface area contributed by atoms with Gasteiger partial charge < -0.3 is 0 Å². The maximum atomic E-state index is 12.6. The molecule has 0 spiro atoms. The van der Waals surface area contributed by atoms with Crippen molar-refractivity contribution in [2.75, 3.05) is 24.8 Å². The number of amides is 1. The Bertz CT molecular complexity index is 412. The average molecular weight is 381 g/mol. The maximum absolute atomic E-state index is 12.6. The molecule has 7 heteroatoms. The van der Waals surface area contributed by atoms with Gasteiger partial charge in [-0.2, -0.15) is 0 Å². The number of benzene rings is 1. The molecule has 0 heterocycles. The zero-order valence-corrected chi connectivity index (χ0v) is 12.6. The number of carbonyl (C=O) groups excluding carboxylic acids is 1. The first kappa shape index (κ1) is 15.8. The number of alkyl halides is 1. The zero-order chi connectivity index (χ0) is 13.9. The summed E-state index contributed by atoms with van der Waals surface area (Å²) in [5.41, 5.74) is 0.703. The van der Waals surface area contributed by atoms with Crippen LogP contribution in [0.25, 0.3) is 0 Å². The van der Waals surface area contributed by atoms with Gasteiger partial charge in [-0.25, -0.2) is 0 Å². The van der Waals surface area contributed by atoms with Gasteiger partial charge in [0.25, 0.3) is 0 Å². The van der Waals surface area contributed by atoms with Gasteiger partial charge in [0.15, 0.2) is 0 Å². The van der Waals surface area contributed by atoms with Crippen molar-refractivity contribution < 1.29 is 40.2 Å². The van der Waals surface area contributed by atoms with Crippen LogP contribution in [-0.4, -0.2) is 36.9 Å². The zero-order valence-electron chi connectivity index (χ0n) is 10.4. The summed E-state index contributed by atoms with van der Waals surface area (Å²) in [5.74, 6) is -0.502. The standard InChI is InChI=1S/C12H15FIN2O3/c1-18-7-6-14-16-12(17)9-19-15-8-10-2-4-11(13)5-3-10/h2-5,8H,6-7,9H2,1H3,(H,16,17)/q-1/b15-8+. The third-order valence-corrected chi connectivity index (χ3v) is 3.85. The van der Waals surface area contributed by atoms with Gasteiger partial charge in [-0.05, 0) is 0 Å². The van der Waals surface area contributed by atoms with Crippen LogP contribution in [0.15, 0.2) is 29.4 Å². The second-order valence-corrected chi connectivity index (χ2v) is 5.77. The number of oxime groups is 1. The van der Waals surface area contributed by atoms with Gasteiger partial charge in [0.2, 0.25) is 0 Å². The van der Waals surface area contributed by atoms with Gasteiger partial charge in [-0.15, -0.1) is 0 Å². The van der Waals surface area contributed by atoms with E-state index in [1.165, 1.54) is 18.3 Å². The Hall–Kier alpha value is -1.22. The van der Waals surface area contributed by atoms with Crippen LogP contribution in [0.1, 0.15) is 5.56 Å². The molecule has 1 N–H and O–H groups in total. The van der Waals surface area contributed by atoms with Crippen molar-refractivity contribution in [1.29, 1.82) is 0 Å². The molecule has 5 nitrogen and oxygen atoms in total. The summed E-state index contributed by atoms with van der Waals surface area (Å²) < 4.78 is 21.1. The van der Waals surface area contributed by atoms with E-state index < -0.39 is 21.5 Å². The Kier molecular flexibility index (Phi) is 8.07. The second-order valence-electron chi connectivity index (χ2n) is 3.39. The molecule has 19 heavy (non-hydrogen) atoms. The number of carbonyl (C=O) groups is 1. The van der Waals surface area contributed by atoms with E-state index in [0.29, 0.717) is 12.2 Å². The fraction of sp³-hybridized carbons (Fsp3) is 0.333. The summed E-state index contributed by atoms with van der Waals surface area (Å²) in [4.78, 5) is 16.1. The van der Waals surface area contributed by atoms with E-state index in [1.54, 1.807) is 19.2 Å². The van der Waals surface area contributed by atoms with Crippen LogP contribution in [-0.2, 0) is 14.4 Å². The molecule has 0 aliphatic carbocycles. The molecule has 1 amide bonds. The fourth-order valence-corrected chi connectivity index (χ4v) is 2.52. The topological polar surface area (TPSA) is 59.9 Å². The number of hydrogen-bond acceptors (Lipinski definition) is 4. The molecule has 0 radical (unpaired) electrons. The monoisotopic (exact) mass is 381 g/mol. The molecule has 0 bridgehead atoms. The normalized spacial score (nSPS) is 10.8. The number of nitrogens with one attached hydrogen (secondary N) is 1. The molecule has 106 valence electrons. The first-order chi connectivity index (χ1) is 9.22. The number of methoxy groups -OCH3 is 1. The number of halogens is 2. The summed E-state index contributed by atoms with van der Waals surface area (Å²) in [6.45, 7) is 0.529. The van der Waals surface area contributed by atoms with Crippen LogP contribution < -0.4 is 25.0 Å². The molecule has 0 saturated heterocycles. The van der Waals surface area contributed by atoms with Gasteiger partial charge in [0, 0.05) is 0 Å². The Morgan fingerprint density at radius 3 is 2.89 bits per heavy atom. The average Bonchev–Trinajstić information content (AvgIpc) is 2.42. The third-order valence-electron chi connectivity index (χ3n) is 1.89. The van der Waals surface area contributed by atoms with Gasteiger partial charge in [0.05, 0.1) is 0 Å². The predicted octanol–water partition coefficient (Wildman–Crippen LogP) is -2.06. The molecule has 0 fully saturated rings. The third kappa shape index (κ3) is 7.73. The summed E-state index contributed by atoms with van der Waals surface area (Å²) in [5, 5.41) is 3.63. The summed E-state index contributed by atoms with van der Waals surface area (Å²) in [6.07, 6.45) is 1.42. The first-order valence-electron chi connectivity index (χ1n) is 5.49. The Morgan fingerprint density at radius 2 is 2.21 bits per heavy atom. The van der Waals surface area contributed by atoms with E-state index >= 15 is 0 Å².